The Morgan fingerprint density at radius 2 is 2.44 bits per heavy atom. The highest BCUT2D eigenvalue weighted by molar-refractivity contribution is 9.11. The third-order valence-corrected chi connectivity index (χ3v) is 2.34. The summed E-state index contributed by atoms with van der Waals surface area (Å²) in [6.45, 7) is 0. The quantitative estimate of drug-likeness (QED) is 0.426. The molecule has 0 saturated carbocycles. The minimum atomic E-state index is 0.935. The fraction of sp³-hybridized carbons (Fsp3) is 0. The molecule has 0 atom stereocenters. The van der Waals surface area contributed by atoms with Crippen LogP contribution in [0.2, 0.25) is 0 Å². The van der Waals surface area contributed by atoms with E-state index in [1.165, 1.54) is 17.6 Å². The normalized spacial score (nSPS) is 10.8. The highest BCUT2D eigenvalue weighted by atomic mass is 79.9. The van der Waals surface area contributed by atoms with E-state index < -0.39 is 0 Å². The lowest BCUT2D eigenvalue weighted by Crippen LogP contribution is -1.67. The highest BCUT2D eigenvalue weighted by Gasteiger charge is 1.91. The molecule has 2 nitrogen and oxygen atoms in total. The molecule has 1 aromatic heterocycles. The second-order valence-electron chi connectivity index (χ2n) is 1.39. The van der Waals surface area contributed by atoms with Crippen molar-refractivity contribution in [2.45, 2.75) is 0 Å². The Hall–Kier alpha value is -0.350. The number of nitrogens with zero attached hydrogens (tertiary/aromatic N) is 1. The van der Waals surface area contributed by atoms with Crippen LogP contribution in [0.1, 0.15) is 4.88 Å². The predicted molar refractivity (Wildman–Crippen MR) is 41.4 cm³/mol. The lowest BCUT2D eigenvalue weighted by atomic mass is 10.5. The Morgan fingerprint density at radius 1 is 1.67 bits per heavy atom. The second kappa shape index (κ2) is 2.98. The molecule has 0 aliphatic carbocycles. The molecule has 0 aliphatic heterocycles. The lowest BCUT2D eigenvalue weighted by molar-refractivity contribution is 0.322. The van der Waals surface area contributed by atoms with E-state index in [4.69, 9.17) is 5.21 Å². The van der Waals surface area contributed by atoms with Crippen LogP contribution in [0, 0.1) is 0 Å². The Morgan fingerprint density at radius 3 is 2.89 bits per heavy atom. The molecular formula is C5H4BrNOS. The fourth-order valence-corrected chi connectivity index (χ4v) is 1.74. The van der Waals surface area contributed by atoms with Gasteiger partial charge in [-0.15, -0.1) is 11.3 Å². The van der Waals surface area contributed by atoms with E-state index >= 15 is 0 Å². The molecule has 0 unspecified atom stereocenters. The fourth-order valence-electron chi connectivity index (χ4n) is 0.455. The standard InChI is InChI=1S/C5H4BrNOS/c6-5-2-1-4(9-5)3-7-8/h1-3,8H/b7-3+. The summed E-state index contributed by atoms with van der Waals surface area (Å²) >= 11 is 4.80. The van der Waals surface area contributed by atoms with Crippen molar-refractivity contribution >= 4 is 33.5 Å². The van der Waals surface area contributed by atoms with Gasteiger partial charge in [-0.1, -0.05) is 5.16 Å². The molecule has 0 amide bonds. The van der Waals surface area contributed by atoms with Crippen LogP contribution < -0.4 is 0 Å². The molecule has 0 saturated heterocycles. The lowest BCUT2D eigenvalue weighted by Gasteiger charge is -1.74. The van der Waals surface area contributed by atoms with Gasteiger partial charge >= 0.3 is 0 Å². The molecule has 1 N–H and O–H groups in total. The van der Waals surface area contributed by atoms with E-state index in [1.54, 1.807) is 0 Å². The Bertz CT molecular complexity index is 220. The minimum absolute atomic E-state index is 0.935. The van der Waals surface area contributed by atoms with E-state index in [2.05, 4.69) is 21.1 Å². The first-order valence-corrected chi connectivity index (χ1v) is 3.86. The molecule has 0 aliphatic rings. The average molecular weight is 206 g/mol. The Kier molecular flexibility index (Phi) is 2.24. The Labute approximate surface area is 64.9 Å². The van der Waals surface area contributed by atoms with Gasteiger partial charge in [0.05, 0.1) is 10.0 Å². The summed E-state index contributed by atoms with van der Waals surface area (Å²) in [6.07, 6.45) is 1.40. The van der Waals surface area contributed by atoms with Crippen molar-refractivity contribution < 1.29 is 5.21 Å². The summed E-state index contributed by atoms with van der Waals surface area (Å²) in [5, 5.41) is 11.0. The van der Waals surface area contributed by atoms with Crippen LogP contribution in [0.15, 0.2) is 21.1 Å². The van der Waals surface area contributed by atoms with Crippen molar-refractivity contribution in [3.63, 3.8) is 0 Å². The largest absolute Gasteiger partial charge is 0.411 e. The number of thiophene rings is 1. The minimum Gasteiger partial charge on any atom is -0.411 e. The molecule has 0 radical (unpaired) electrons. The molecule has 9 heavy (non-hydrogen) atoms. The monoisotopic (exact) mass is 205 g/mol. The maximum Gasteiger partial charge on any atom is 0.0833 e. The number of hydrogen-bond acceptors (Lipinski definition) is 3. The first-order chi connectivity index (χ1) is 4.33. The molecular weight excluding hydrogens is 202 g/mol. The molecule has 1 heterocycles. The number of rotatable bonds is 1. The summed E-state index contributed by atoms with van der Waals surface area (Å²) in [7, 11) is 0. The molecule has 1 rings (SSSR count). The summed E-state index contributed by atoms with van der Waals surface area (Å²) in [4.78, 5) is 0.935. The van der Waals surface area contributed by atoms with Crippen molar-refractivity contribution in [1.29, 1.82) is 0 Å². The number of hydrogen-bond donors (Lipinski definition) is 1. The van der Waals surface area contributed by atoms with Gasteiger partial charge in [-0.2, -0.15) is 0 Å². The van der Waals surface area contributed by atoms with Crippen molar-refractivity contribution in [3.8, 4) is 0 Å². The Balaban J connectivity index is 2.85. The number of oxime groups is 1. The second-order valence-corrected chi connectivity index (χ2v) is 3.88. The summed E-state index contributed by atoms with van der Waals surface area (Å²) < 4.78 is 1.04. The van der Waals surface area contributed by atoms with Crippen molar-refractivity contribution in [2.75, 3.05) is 0 Å². The summed E-state index contributed by atoms with van der Waals surface area (Å²) in [5.41, 5.74) is 0. The van der Waals surface area contributed by atoms with Crippen LogP contribution in [0.5, 0.6) is 0 Å². The van der Waals surface area contributed by atoms with Gasteiger partial charge in [0, 0.05) is 4.88 Å². The van der Waals surface area contributed by atoms with Crippen LogP contribution in [0.4, 0.5) is 0 Å². The van der Waals surface area contributed by atoms with E-state index in [9.17, 15) is 0 Å². The third-order valence-electron chi connectivity index (χ3n) is 0.779. The van der Waals surface area contributed by atoms with E-state index in [1.807, 2.05) is 12.1 Å². The highest BCUT2D eigenvalue weighted by Crippen LogP contribution is 2.20. The summed E-state index contributed by atoms with van der Waals surface area (Å²) in [5.74, 6) is 0. The van der Waals surface area contributed by atoms with Gasteiger partial charge in [0.25, 0.3) is 0 Å². The SMILES string of the molecule is O/N=C/c1ccc(Br)s1. The molecule has 4 heteroatoms. The van der Waals surface area contributed by atoms with Gasteiger partial charge in [0.2, 0.25) is 0 Å². The van der Waals surface area contributed by atoms with Crippen LogP contribution in [0.3, 0.4) is 0 Å². The maximum absolute atomic E-state index is 8.09. The van der Waals surface area contributed by atoms with Crippen molar-refractivity contribution in [2.24, 2.45) is 5.16 Å². The van der Waals surface area contributed by atoms with Crippen LogP contribution >= 0.6 is 27.3 Å². The molecule has 0 aromatic carbocycles. The van der Waals surface area contributed by atoms with Crippen molar-refractivity contribution in [1.82, 2.24) is 0 Å². The van der Waals surface area contributed by atoms with Crippen LogP contribution in [-0.2, 0) is 0 Å². The van der Waals surface area contributed by atoms with Gasteiger partial charge in [-0.05, 0) is 28.1 Å². The predicted octanol–water partition coefficient (Wildman–Crippen LogP) is 2.32. The molecule has 48 valence electrons. The average Bonchev–Trinajstić information content (AvgIpc) is 2.17. The van der Waals surface area contributed by atoms with E-state index in [-0.39, 0.29) is 0 Å². The van der Waals surface area contributed by atoms with Gasteiger partial charge in [0.1, 0.15) is 0 Å². The first kappa shape index (κ1) is 6.77. The van der Waals surface area contributed by atoms with Gasteiger partial charge in [-0.25, -0.2) is 0 Å². The molecule has 1 aromatic rings. The number of halogens is 1. The molecule has 0 fully saturated rings. The van der Waals surface area contributed by atoms with Crippen LogP contribution in [0.25, 0.3) is 0 Å². The zero-order chi connectivity index (χ0) is 6.69. The van der Waals surface area contributed by atoms with E-state index in [0.717, 1.165) is 8.66 Å². The first-order valence-electron chi connectivity index (χ1n) is 2.25. The van der Waals surface area contributed by atoms with Gasteiger partial charge in [-0.3, -0.25) is 0 Å². The zero-order valence-corrected chi connectivity index (χ0v) is 6.82. The maximum atomic E-state index is 8.09. The van der Waals surface area contributed by atoms with Gasteiger partial charge < -0.3 is 5.21 Å². The van der Waals surface area contributed by atoms with Gasteiger partial charge in [0.15, 0.2) is 0 Å². The topological polar surface area (TPSA) is 32.6 Å². The zero-order valence-electron chi connectivity index (χ0n) is 4.41. The summed E-state index contributed by atoms with van der Waals surface area (Å²) in [6, 6.07) is 3.77. The third kappa shape index (κ3) is 1.80. The molecule has 0 spiro atoms. The van der Waals surface area contributed by atoms with E-state index in [0.29, 0.717) is 0 Å². The van der Waals surface area contributed by atoms with Crippen molar-refractivity contribution in [3.05, 3.63) is 20.8 Å². The molecule has 0 bridgehead atoms. The van der Waals surface area contributed by atoms with Crippen LogP contribution in [-0.4, -0.2) is 11.4 Å². The smallest absolute Gasteiger partial charge is 0.0833 e.